The molecule has 1 saturated heterocycles. The molecule has 4 heteroatoms. The van der Waals surface area contributed by atoms with Crippen LogP contribution in [0.25, 0.3) is 11.3 Å². The summed E-state index contributed by atoms with van der Waals surface area (Å²) in [6, 6.07) is 9.00. The van der Waals surface area contributed by atoms with E-state index in [0.29, 0.717) is 12.1 Å². The van der Waals surface area contributed by atoms with Gasteiger partial charge in [-0.1, -0.05) is 29.8 Å². The molecule has 0 spiro atoms. The van der Waals surface area contributed by atoms with Gasteiger partial charge in [-0.05, 0) is 18.9 Å². The SMILES string of the molecule is Clc1ccccc1-c1n[nH]c2c1[C@@H]1CC[C@H](C2)N1. The lowest BCUT2D eigenvalue weighted by Gasteiger charge is -2.21. The van der Waals surface area contributed by atoms with Crippen molar-refractivity contribution in [2.45, 2.75) is 31.3 Å². The predicted molar refractivity (Wildman–Crippen MR) is 71.6 cm³/mol. The van der Waals surface area contributed by atoms with E-state index in [2.05, 4.69) is 15.5 Å². The largest absolute Gasteiger partial charge is 0.307 e. The van der Waals surface area contributed by atoms with Crippen LogP contribution in [0.2, 0.25) is 5.02 Å². The minimum Gasteiger partial charge on any atom is -0.307 e. The van der Waals surface area contributed by atoms with Gasteiger partial charge >= 0.3 is 0 Å². The van der Waals surface area contributed by atoms with Gasteiger partial charge in [0, 0.05) is 35.3 Å². The molecule has 0 unspecified atom stereocenters. The molecule has 2 N–H and O–H groups in total. The van der Waals surface area contributed by atoms with E-state index < -0.39 is 0 Å². The molecule has 0 amide bonds. The van der Waals surface area contributed by atoms with Crippen molar-refractivity contribution in [3.63, 3.8) is 0 Å². The third-order valence-corrected chi connectivity index (χ3v) is 4.38. The second-order valence-electron chi connectivity index (χ2n) is 5.14. The fraction of sp³-hybridized carbons (Fsp3) is 0.357. The highest BCUT2D eigenvalue weighted by atomic mass is 35.5. The van der Waals surface area contributed by atoms with E-state index in [9.17, 15) is 0 Å². The Morgan fingerprint density at radius 1 is 1.22 bits per heavy atom. The molecule has 2 aromatic rings. The number of rotatable bonds is 1. The van der Waals surface area contributed by atoms with Gasteiger partial charge in [-0.3, -0.25) is 5.10 Å². The van der Waals surface area contributed by atoms with Crippen LogP contribution < -0.4 is 5.32 Å². The zero-order valence-electron chi connectivity index (χ0n) is 9.91. The van der Waals surface area contributed by atoms with Crippen LogP contribution in [-0.2, 0) is 6.42 Å². The second kappa shape index (κ2) is 3.84. The normalized spacial score (nSPS) is 25.2. The first kappa shape index (κ1) is 10.6. The van der Waals surface area contributed by atoms with E-state index in [4.69, 9.17) is 11.6 Å². The minimum atomic E-state index is 0.448. The number of benzene rings is 1. The van der Waals surface area contributed by atoms with Gasteiger partial charge in [-0.15, -0.1) is 0 Å². The van der Waals surface area contributed by atoms with E-state index in [1.807, 2.05) is 24.3 Å². The van der Waals surface area contributed by atoms with Crippen molar-refractivity contribution in [3.8, 4) is 11.3 Å². The smallest absolute Gasteiger partial charge is 0.0986 e. The lowest BCUT2D eigenvalue weighted by molar-refractivity contribution is 0.511. The fourth-order valence-electron chi connectivity index (χ4n) is 3.23. The van der Waals surface area contributed by atoms with Crippen molar-refractivity contribution in [3.05, 3.63) is 40.5 Å². The van der Waals surface area contributed by atoms with Crippen molar-refractivity contribution in [2.24, 2.45) is 0 Å². The van der Waals surface area contributed by atoms with Crippen LogP contribution in [0.1, 0.15) is 30.1 Å². The lowest BCUT2D eigenvalue weighted by Crippen LogP contribution is -2.31. The first-order chi connectivity index (χ1) is 8.83. The number of nitrogens with zero attached hydrogens (tertiary/aromatic N) is 1. The van der Waals surface area contributed by atoms with Crippen LogP contribution >= 0.6 is 11.6 Å². The van der Waals surface area contributed by atoms with Crippen LogP contribution in [-0.4, -0.2) is 16.2 Å². The Balaban J connectivity index is 1.89. The molecular weight excluding hydrogens is 246 g/mol. The van der Waals surface area contributed by atoms with Crippen molar-refractivity contribution in [2.75, 3.05) is 0 Å². The maximum Gasteiger partial charge on any atom is 0.0986 e. The lowest BCUT2D eigenvalue weighted by atomic mass is 9.96. The molecule has 3 nitrogen and oxygen atoms in total. The topological polar surface area (TPSA) is 40.7 Å². The Labute approximate surface area is 111 Å². The molecule has 4 rings (SSSR count). The van der Waals surface area contributed by atoms with Gasteiger partial charge in [-0.2, -0.15) is 5.10 Å². The minimum absolute atomic E-state index is 0.448. The van der Waals surface area contributed by atoms with E-state index in [-0.39, 0.29) is 0 Å². The number of fused-ring (bicyclic) bond motifs is 4. The van der Waals surface area contributed by atoms with Crippen LogP contribution in [0, 0.1) is 0 Å². The summed E-state index contributed by atoms with van der Waals surface area (Å²) in [7, 11) is 0. The summed E-state index contributed by atoms with van der Waals surface area (Å²) < 4.78 is 0. The molecule has 2 aliphatic heterocycles. The number of hydrogen-bond acceptors (Lipinski definition) is 2. The summed E-state index contributed by atoms with van der Waals surface area (Å²) >= 11 is 6.29. The standard InChI is InChI=1S/C14H14ClN3/c15-10-4-2-1-3-9(10)14-13-11-6-5-8(16-11)7-12(13)17-18-14/h1-4,8,11,16H,5-7H2,(H,17,18)/t8-,11+/m1/s1. The molecule has 0 aliphatic carbocycles. The van der Waals surface area contributed by atoms with Crippen LogP contribution in [0.15, 0.2) is 24.3 Å². The molecule has 1 aromatic carbocycles. The zero-order valence-corrected chi connectivity index (χ0v) is 10.7. The summed E-state index contributed by atoms with van der Waals surface area (Å²) in [6.45, 7) is 0. The van der Waals surface area contributed by atoms with Crippen LogP contribution in [0.3, 0.4) is 0 Å². The van der Waals surface area contributed by atoms with Crippen LogP contribution in [0.5, 0.6) is 0 Å². The van der Waals surface area contributed by atoms with Crippen LogP contribution in [0.4, 0.5) is 0 Å². The van der Waals surface area contributed by atoms with Crippen molar-refractivity contribution >= 4 is 11.6 Å². The summed E-state index contributed by atoms with van der Waals surface area (Å²) in [6.07, 6.45) is 3.52. The average Bonchev–Trinajstić information content (AvgIpc) is 2.96. The average molecular weight is 260 g/mol. The summed E-state index contributed by atoms with van der Waals surface area (Å²) in [5.74, 6) is 0. The molecule has 1 fully saturated rings. The third kappa shape index (κ3) is 1.44. The van der Waals surface area contributed by atoms with Crippen molar-refractivity contribution in [1.29, 1.82) is 0 Å². The maximum absolute atomic E-state index is 6.29. The van der Waals surface area contributed by atoms with Gasteiger partial charge in [0.2, 0.25) is 0 Å². The molecule has 18 heavy (non-hydrogen) atoms. The monoisotopic (exact) mass is 259 g/mol. The van der Waals surface area contributed by atoms with Gasteiger partial charge in [0.15, 0.2) is 0 Å². The molecule has 2 bridgehead atoms. The molecule has 0 saturated carbocycles. The Morgan fingerprint density at radius 3 is 3.00 bits per heavy atom. The van der Waals surface area contributed by atoms with Gasteiger partial charge in [0.1, 0.15) is 0 Å². The van der Waals surface area contributed by atoms with Gasteiger partial charge in [0.25, 0.3) is 0 Å². The summed E-state index contributed by atoms with van der Waals surface area (Å²) in [5.41, 5.74) is 4.67. The Kier molecular flexibility index (Phi) is 2.26. The fourth-order valence-corrected chi connectivity index (χ4v) is 3.46. The first-order valence-corrected chi connectivity index (χ1v) is 6.79. The molecule has 2 aliphatic rings. The zero-order chi connectivity index (χ0) is 12.1. The van der Waals surface area contributed by atoms with Gasteiger partial charge < -0.3 is 5.32 Å². The molecular formula is C14H14ClN3. The summed E-state index contributed by atoms with van der Waals surface area (Å²) in [5, 5.41) is 12.1. The van der Waals surface area contributed by atoms with Gasteiger partial charge in [-0.25, -0.2) is 0 Å². The van der Waals surface area contributed by atoms with E-state index in [0.717, 1.165) is 22.7 Å². The Bertz CT molecular complexity index is 605. The number of halogens is 1. The number of H-pyrrole nitrogens is 1. The number of nitrogens with one attached hydrogen (secondary N) is 2. The number of aromatic amines is 1. The van der Waals surface area contributed by atoms with E-state index >= 15 is 0 Å². The molecule has 1 aromatic heterocycles. The quantitative estimate of drug-likeness (QED) is 0.826. The van der Waals surface area contributed by atoms with E-state index in [1.54, 1.807) is 0 Å². The van der Waals surface area contributed by atoms with Crippen molar-refractivity contribution in [1.82, 2.24) is 15.5 Å². The Morgan fingerprint density at radius 2 is 2.11 bits per heavy atom. The first-order valence-electron chi connectivity index (χ1n) is 6.41. The highest BCUT2D eigenvalue weighted by Gasteiger charge is 2.36. The summed E-state index contributed by atoms with van der Waals surface area (Å²) in [4.78, 5) is 0. The van der Waals surface area contributed by atoms with Crippen molar-refractivity contribution < 1.29 is 0 Å². The maximum atomic E-state index is 6.29. The highest BCUT2D eigenvalue weighted by molar-refractivity contribution is 6.33. The second-order valence-corrected chi connectivity index (χ2v) is 5.55. The predicted octanol–water partition coefficient (Wildman–Crippen LogP) is 3.08. The van der Waals surface area contributed by atoms with E-state index in [1.165, 1.54) is 24.1 Å². The molecule has 3 heterocycles. The molecule has 0 radical (unpaired) electrons. The molecule has 2 atom stereocenters. The third-order valence-electron chi connectivity index (χ3n) is 4.05. The molecule has 92 valence electrons. The number of aromatic nitrogens is 2. The Hall–Kier alpha value is -1.32. The van der Waals surface area contributed by atoms with Gasteiger partial charge in [0.05, 0.1) is 10.7 Å². The highest BCUT2D eigenvalue weighted by Crippen LogP contribution is 2.41. The number of hydrogen-bond donors (Lipinski definition) is 2.